The van der Waals surface area contributed by atoms with Gasteiger partial charge in [0.15, 0.2) is 11.6 Å². The molecule has 4 rings (SSSR count). The van der Waals surface area contributed by atoms with E-state index >= 15 is 0 Å². The number of carbonyl (C=O) groups is 1. The van der Waals surface area contributed by atoms with E-state index in [0.717, 1.165) is 17.5 Å². The predicted octanol–water partition coefficient (Wildman–Crippen LogP) is 5.17. The van der Waals surface area contributed by atoms with Crippen molar-refractivity contribution in [3.05, 3.63) is 88.5 Å². The van der Waals surface area contributed by atoms with E-state index in [1.807, 2.05) is 49.4 Å². The number of amides is 1. The number of aryl methyl sites for hydroxylation is 1. The number of benzene rings is 3. The number of nitrogens with one attached hydrogen (secondary N) is 1. The van der Waals surface area contributed by atoms with Crippen molar-refractivity contribution in [1.82, 2.24) is 14.8 Å². The number of nitro groups is 1. The molecule has 0 saturated carbocycles. The number of anilines is 1. The molecule has 0 aliphatic rings. The fourth-order valence-corrected chi connectivity index (χ4v) is 3.40. The average Bonchev–Trinajstić information content (AvgIpc) is 3.30. The third-order valence-electron chi connectivity index (χ3n) is 5.10. The summed E-state index contributed by atoms with van der Waals surface area (Å²) >= 11 is 0. The van der Waals surface area contributed by atoms with Crippen LogP contribution in [0.5, 0.6) is 5.75 Å². The first-order valence-corrected chi connectivity index (χ1v) is 10.3. The Morgan fingerprint density at radius 1 is 1.09 bits per heavy atom. The average molecular weight is 443 g/mol. The summed E-state index contributed by atoms with van der Waals surface area (Å²) in [7, 11) is 1.58. The number of non-ortho nitro benzene ring substituents is 1. The van der Waals surface area contributed by atoms with Crippen LogP contribution in [0.15, 0.2) is 72.8 Å². The van der Waals surface area contributed by atoms with Gasteiger partial charge < -0.3 is 10.1 Å². The second kappa shape index (κ2) is 9.31. The number of ether oxygens (including phenoxy) is 1. The SMILES string of the molecule is CCc1ccccc1-c1nc(-c2cccc(OC)c2)nn1C(=O)Nc1ccc([N+](=O)[O-])cc1. The van der Waals surface area contributed by atoms with Gasteiger partial charge in [0, 0.05) is 28.9 Å². The first-order chi connectivity index (χ1) is 16.0. The van der Waals surface area contributed by atoms with Gasteiger partial charge in [-0.3, -0.25) is 10.1 Å². The number of hydrogen-bond acceptors (Lipinski definition) is 6. The van der Waals surface area contributed by atoms with Crippen molar-refractivity contribution in [2.24, 2.45) is 0 Å². The van der Waals surface area contributed by atoms with Crippen LogP contribution in [0.25, 0.3) is 22.8 Å². The first-order valence-electron chi connectivity index (χ1n) is 10.3. The Morgan fingerprint density at radius 3 is 2.55 bits per heavy atom. The lowest BCUT2D eigenvalue weighted by molar-refractivity contribution is -0.384. The number of aromatic nitrogens is 3. The highest BCUT2D eigenvalue weighted by Gasteiger charge is 2.21. The number of methoxy groups -OCH3 is 1. The van der Waals surface area contributed by atoms with Crippen molar-refractivity contribution in [1.29, 1.82) is 0 Å². The van der Waals surface area contributed by atoms with Gasteiger partial charge >= 0.3 is 6.03 Å². The van der Waals surface area contributed by atoms with E-state index in [1.165, 1.54) is 28.9 Å². The van der Waals surface area contributed by atoms with Gasteiger partial charge in [0.05, 0.1) is 12.0 Å². The molecule has 0 spiro atoms. The number of nitro benzene ring substituents is 1. The molecule has 33 heavy (non-hydrogen) atoms. The van der Waals surface area contributed by atoms with Crippen LogP contribution in [0.2, 0.25) is 0 Å². The van der Waals surface area contributed by atoms with Gasteiger partial charge in [0.25, 0.3) is 5.69 Å². The summed E-state index contributed by atoms with van der Waals surface area (Å²) in [6.45, 7) is 2.03. The molecule has 0 aliphatic carbocycles. The number of carbonyl (C=O) groups excluding carboxylic acids is 1. The Bertz CT molecular complexity index is 1310. The fourth-order valence-electron chi connectivity index (χ4n) is 3.40. The van der Waals surface area contributed by atoms with Crippen LogP contribution in [0, 0.1) is 10.1 Å². The molecule has 0 saturated heterocycles. The molecule has 1 amide bonds. The van der Waals surface area contributed by atoms with Crippen molar-refractivity contribution in [3.8, 4) is 28.5 Å². The Kier molecular flexibility index (Phi) is 6.12. The molecule has 0 radical (unpaired) electrons. The number of rotatable bonds is 6. The minimum Gasteiger partial charge on any atom is -0.497 e. The van der Waals surface area contributed by atoms with Crippen molar-refractivity contribution >= 4 is 17.4 Å². The molecule has 0 fully saturated rings. The molecule has 3 aromatic carbocycles. The molecule has 4 aromatic rings. The topological polar surface area (TPSA) is 112 Å². The summed E-state index contributed by atoms with van der Waals surface area (Å²) in [5.41, 5.74) is 2.85. The summed E-state index contributed by atoms with van der Waals surface area (Å²) in [5.74, 6) is 1.41. The van der Waals surface area contributed by atoms with Gasteiger partial charge in [-0.2, -0.15) is 4.68 Å². The van der Waals surface area contributed by atoms with E-state index < -0.39 is 11.0 Å². The van der Waals surface area contributed by atoms with E-state index in [-0.39, 0.29) is 5.69 Å². The molecular formula is C24H21N5O4. The summed E-state index contributed by atoms with van der Waals surface area (Å²) < 4.78 is 6.51. The highest BCUT2D eigenvalue weighted by Crippen LogP contribution is 2.28. The Labute approximate surface area is 189 Å². The maximum absolute atomic E-state index is 13.2. The largest absolute Gasteiger partial charge is 0.497 e. The lowest BCUT2D eigenvalue weighted by Crippen LogP contribution is -2.22. The Hall–Kier alpha value is -4.53. The van der Waals surface area contributed by atoms with Crippen molar-refractivity contribution in [3.63, 3.8) is 0 Å². The zero-order chi connectivity index (χ0) is 23.4. The van der Waals surface area contributed by atoms with Gasteiger partial charge in [0.2, 0.25) is 0 Å². The van der Waals surface area contributed by atoms with Crippen LogP contribution < -0.4 is 10.1 Å². The second-order valence-electron chi connectivity index (χ2n) is 7.15. The molecule has 166 valence electrons. The van der Waals surface area contributed by atoms with Crippen LogP contribution >= 0.6 is 0 Å². The summed E-state index contributed by atoms with van der Waals surface area (Å²) in [4.78, 5) is 28.3. The first kappa shape index (κ1) is 21.7. The summed E-state index contributed by atoms with van der Waals surface area (Å²) in [6.07, 6.45) is 0.751. The lowest BCUT2D eigenvalue weighted by Gasteiger charge is -2.09. The summed E-state index contributed by atoms with van der Waals surface area (Å²) in [6, 6.07) is 20.0. The molecule has 0 aliphatic heterocycles. The van der Waals surface area contributed by atoms with Crippen LogP contribution in [0.4, 0.5) is 16.2 Å². The molecule has 0 unspecified atom stereocenters. The molecule has 0 atom stereocenters. The predicted molar refractivity (Wildman–Crippen MR) is 124 cm³/mol. The van der Waals surface area contributed by atoms with Crippen LogP contribution in [-0.2, 0) is 6.42 Å². The third-order valence-corrected chi connectivity index (χ3v) is 5.10. The molecule has 0 bridgehead atoms. The van der Waals surface area contributed by atoms with Crippen LogP contribution in [-0.4, -0.2) is 32.8 Å². The van der Waals surface area contributed by atoms with Gasteiger partial charge in [-0.05, 0) is 36.2 Å². The third kappa shape index (κ3) is 4.57. The zero-order valence-electron chi connectivity index (χ0n) is 18.1. The van der Waals surface area contributed by atoms with E-state index in [0.29, 0.717) is 28.6 Å². The van der Waals surface area contributed by atoms with Crippen LogP contribution in [0.3, 0.4) is 0 Å². The Balaban J connectivity index is 1.77. The molecule has 1 heterocycles. The van der Waals surface area contributed by atoms with Gasteiger partial charge in [0.1, 0.15) is 5.75 Å². The molecule has 1 N–H and O–H groups in total. The standard InChI is InChI=1S/C24H21N5O4/c1-3-16-7-4-5-10-21(16)23-26-22(17-8-6-9-20(15-17)33-2)27-28(23)24(30)25-18-11-13-19(14-12-18)29(31)32/h4-15H,3H2,1-2H3,(H,25,30). The Morgan fingerprint density at radius 2 is 1.85 bits per heavy atom. The lowest BCUT2D eigenvalue weighted by atomic mass is 10.0. The zero-order valence-corrected chi connectivity index (χ0v) is 18.1. The molecule has 9 nitrogen and oxygen atoms in total. The maximum atomic E-state index is 13.2. The maximum Gasteiger partial charge on any atom is 0.348 e. The summed E-state index contributed by atoms with van der Waals surface area (Å²) in [5, 5.41) is 18.1. The van der Waals surface area contributed by atoms with Crippen molar-refractivity contribution < 1.29 is 14.5 Å². The van der Waals surface area contributed by atoms with Crippen molar-refractivity contribution in [2.75, 3.05) is 12.4 Å². The number of nitrogens with zero attached hydrogens (tertiary/aromatic N) is 4. The van der Waals surface area contributed by atoms with E-state index in [4.69, 9.17) is 4.74 Å². The van der Waals surface area contributed by atoms with Crippen molar-refractivity contribution in [2.45, 2.75) is 13.3 Å². The van der Waals surface area contributed by atoms with E-state index in [1.54, 1.807) is 13.2 Å². The van der Waals surface area contributed by atoms with Gasteiger partial charge in [-0.1, -0.05) is 43.3 Å². The normalized spacial score (nSPS) is 10.6. The van der Waals surface area contributed by atoms with E-state index in [2.05, 4.69) is 15.4 Å². The second-order valence-corrected chi connectivity index (χ2v) is 7.15. The van der Waals surface area contributed by atoms with Gasteiger partial charge in [-0.25, -0.2) is 9.78 Å². The van der Waals surface area contributed by atoms with E-state index in [9.17, 15) is 14.9 Å². The van der Waals surface area contributed by atoms with Crippen LogP contribution in [0.1, 0.15) is 12.5 Å². The minimum atomic E-state index is -0.536. The molecule has 9 heteroatoms. The fraction of sp³-hybridized carbons (Fsp3) is 0.125. The monoisotopic (exact) mass is 443 g/mol. The minimum absolute atomic E-state index is 0.0633. The number of hydrogen-bond donors (Lipinski definition) is 1. The quantitative estimate of drug-likeness (QED) is 0.325. The highest BCUT2D eigenvalue weighted by atomic mass is 16.6. The molecule has 1 aromatic heterocycles. The highest BCUT2D eigenvalue weighted by molar-refractivity contribution is 5.93. The van der Waals surface area contributed by atoms with Gasteiger partial charge in [-0.15, -0.1) is 5.10 Å². The smallest absolute Gasteiger partial charge is 0.348 e. The molecular weight excluding hydrogens is 422 g/mol.